The molecule has 1 atom stereocenters. The van der Waals surface area contributed by atoms with Crippen molar-refractivity contribution in [3.63, 3.8) is 0 Å². The van der Waals surface area contributed by atoms with E-state index in [0.717, 1.165) is 42.9 Å². The highest BCUT2D eigenvalue weighted by Crippen LogP contribution is 2.29. The normalized spacial score (nSPS) is 16.2. The van der Waals surface area contributed by atoms with Crippen LogP contribution in [0.25, 0.3) is 11.3 Å². The molecule has 8 nitrogen and oxygen atoms in total. The molecular formula is C26H33N5O3S. The number of methoxy groups -OCH3 is 1. The van der Waals surface area contributed by atoms with E-state index in [0.29, 0.717) is 10.7 Å². The van der Waals surface area contributed by atoms with Crippen LogP contribution in [-0.4, -0.2) is 54.2 Å². The van der Waals surface area contributed by atoms with Gasteiger partial charge in [-0.1, -0.05) is 12.1 Å². The number of hydrogen-bond donors (Lipinski definition) is 2. The second kappa shape index (κ2) is 10.6. The number of amides is 2. The molecule has 0 bridgehead atoms. The van der Waals surface area contributed by atoms with Crippen LogP contribution >= 0.6 is 11.3 Å². The number of ether oxygens (including phenoxy) is 1. The first kappa shape index (κ1) is 24.9. The number of carbonyl (C=O) groups excluding carboxylic acids is 2. The van der Waals surface area contributed by atoms with Gasteiger partial charge in [0.2, 0.25) is 5.91 Å². The monoisotopic (exact) mass is 495 g/mol. The van der Waals surface area contributed by atoms with Crippen LogP contribution < -0.4 is 15.5 Å². The number of nitrogens with one attached hydrogen (secondary N) is 2. The maximum absolute atomic E-state index is 12.4. The number of hydrogen-bond acceptors (Lipinski definition) is 6. The molecule has 1 aliphatic heterocycles. The highest BCUT2D eigenvalue weighted by atomic mass is 32.1. The first-order valence-corrected chi connectivity index (χ1v) is 12.7. The minimum Gasteiger partial charge on any atom is -0.380 e. The van der Waals surface area contributed by atoms with Crippen molar-refractivity contribution >= 4 is 34.0 Å². The molecule has 3 heterocycles. The third kappa shape index (κ3) is 6.29. The fraction of sp³-hybridized carbons (Fsp3) is 0.423. The molecule has 1 aliphatic rings. The van der Waals surface area contributed by atoms with Crippen LogP contribution in [0, 0.1) is 0 Å². The van der Waals surface area contributed by atoms with Crippen LogP contribution in [0.5, 0.6) is 0 Å². The number of benzene rings is 1. The zero-order chi connectivity index (χ0) is 25.0. The van der Waals surface area contributed by atoms with Crippen molar-refractivity contribution in [2.24, 2.45) is 0 Å². The van der Waals surface area contributed by atoms with Crippen LogP contribution in [0.15, 0.2) is 48.1 Å². The predicted octanol–water partition coefficient (Wildman–Crippen LogP) is 4.35. The van der Waals surface area contributed by atoms with Crippen molar-refractivity contribution in [1.82, 2.24) is 14.9 Å². The zero-order valence-corrected chi connectivity index (χ0v) is 21.5. The van der Waals surface area contributed by atoms with Gasteiger partial charge < -0.3 is 24.8 Å². The SMILES string of the molecule is CO[C@H]1CCCN(c2cccc(-c3csc(NC(=O)CNC(=O)c4ccn(C(C)(C)C)c4)n3)c2)C1. The molecule has 1 fully saturated rings. The summed E-state index contributed by atoms with van der Waals surface area (Å²) in [6, 6.07) is 10.0. The molecule has 0 radical (unpaired) electrons. The van der Waals surface area contributed by atoms with Gasteiger partial charge >= 0.3 is 0 Å². The lowest BCUT2D eigenvalue weighted by Crippen LogP contribution is -2.39. The van der Waals surface area contributed by atoms with Gasteiger partial charge in [-0.25, -0.2) is 4.98 Å². The molecule has 0 saturated carbocycles. The summed E-state index contributed by atoms with van der Waals surface area (Å²) >= 11 is 1.36. The smallest absolute Gasteiger partial charge is 0.253 e. The van der Waals surface area contributed by atoms with E-state index in [9.17, 15) is 9.59 Å². The first-order valence-electron chi connectivity index (χ1n) is 11.8. The lowest BCUT2D eigenvalue weighted by atomic mass is 10.1. The Bertz CT molecular complexity index is 1180. The van der Waals surface area contributed by atoms with Crippen molar-refractivity contribution in [3.8, 4) is 11.3 Å². The van der Waals surface area contributed by atoms with Crippen LogP contribution in [0.3, 0.4) is 0 Å². The van der Waals surface area contributed by atoms with Gasteiger partial charge in [-0.15, -0.1) is 11.3 Å². The van der Waals surface area contributed by atoms with Gasteiger partial charge in [-0.2, -0.15) is 0 Å². The average molecular weight is 496 g/mol. The minimum absolute atomic E-state index is 0.113. The van der Waals surface area contributed by atoms with Crippen molar-refractivity contribution in [2.45, 2.75) is 45.3 Å². The predicted molar refractivity (Wildman–Crippen MR) is 140 cm³/mol. The molecule has 9 heteroatoms. The first-order chi connectivity index (χ1) is 16.7. The van der Waals surface area contributed by atoms with Gasteiger partial charge in [-0.3, -0.25) is 9.59 Å². The van der Waals surface area contributed by atoms with Crippen LogP contribution in [-0.2, 0) is 15.1 Å². The second-order valence-corrected chi connectivity index (χ2v) is 10.6. The van der Waals surface area contributed by atoms with E-state index in [2.05, 4.69) is 53.4 Å². The van der Waals surface area contributed by atoms with Gasteiger partial charge in [0.25, 0.3) is 5.91 Å². The van der Waals surface area contributed by atoms with E-state index in [4.69, 9.17) is 4.74 Å². The van der Waals surface area contributed by atoms with Crippen LogP contribution in [0.1, 0.15) is 44.0 Å². The molecular weight excluding hydrogens is 462 g/mol. The van der Waals surface area contributed by atoms with Crippen molar-refractivity contribution in [2.75, 3.05) is 37.0 Å². The molecule has 0 unspecified atom stereocenters. The molecule has 1 saturated heterocycles. The fourth-order valence-electron chi connectivity index (χ4n) is 4.06. The van der Waals surface area contributed by atoms with Crippen molar-refractivity contribution in [3.05, 3.63) is 53.7 Å². The molecule has 186 valence electrons. The molecule has 2 amide bonds. The fourth-order valence-corrected chi connectivity index (χ4v) is 4.80. The van der Waals surface area contributed by atoms with Crippen molar-refractivity contribution < 1.29 is 14.3 Å². The van der Waals surface area contributed by atoms with Gasteiger partial charge in [-0.05, 0) is 51.8 Å². The number of piperidine rings is 1. The Morgan fingerprint density at radius 1 is 1.26 bits per heavy atom. The topological polar surface area (TPSA) is 88.5 Å². The average Bonchev–Trinajstić information content (AvgIpc) is 3.53. The lowest BCUT2D eigenvalue weighted by Gasteiger charge is -2.33. The Morgan fingerprint density at radius 2 is 2.09 bits per heavy atom. The molecule has 3 aromatic rings. The number of nitrogens with zero attached hydrogens (tertiary/aromatic N) is 3. The number of anilines is 2. The largest absolute Gasteiger partial charge is 0.380 e. The molecule has 0 spiro atoms. The Balaban J connectivity index is 1.33. The third-order valence-corrected chi connectivity index (χ3v) is 6.87. The summed E-state index contributed by atoms with van der Waals surface area (Å²) in [6.07, 6.45) is 6.10. The third-order valence-electron chi connectivity index (χ3n) is 6.11. The highest BCUT2D eigenvalue weighted by Gasteiger charge is 2.20. The molecule has 1 aromatic carbocycles. The van der Waals surface area contributed by atoms with E-state index in [1.54, 1.807) is 19.4 Å². The number of thiazole rings is 1. The summed E-state index contributed by atoms with van der Waals surface area (Å²) < 4.78 is 7.52. The summed E-state index contributed by atoms with van der Waals surface area (Å²) in [7, 11) is 1.77. The molecule has 2 N–H and O–H groups in total. The minimum atomic E-state index is -0.317. The maximum Gasteiger partial charge on any atom is 0.253 e. The molecule has 0 aliphatic carbocycles. The van der Waals surface area contributed by atoms with Crippen molar-refractivity contribution in [1.29, 1.82) is 0 Å². The Kier molecular flexibility index (Phi) is 7.57. The van der Waals surface area contributed by atoms with E-state index in [-0.39, 0.29) is 30.0 Å². The summed E-state index contributed by atoms with van der Waals surface area (Å²) in [4.78, 5) is 31.7. The number of rotatable bonds is 7. The number of carbonyl (C=O) groups is 2. The summed E-state index contributed by atoms with van der Waals surface area (Å²) in [5.41, 5.74) is 3.36. The van der Waals surface area contributed by atoms with Gasteiger partial charge in [0.15, 0.2) is 5.13 Å². The van der Waals surface area contributed by atoms with E-state index in [1.807, 2.05) is 28.3 Å². The molecule has 2 aromatic heterocycles. The Labute approximate surface area is 210 Å². The van der Waals surface area contributed by atoms with E-state index < -0.39 is 0 Å². The van der Waals surface area contributed by atoms with Gasteiger partial charge in [0.1, 0.15) is 0 Å². The van der Waals surface area contributed by atoms with Crippen LogP contribution in [0.2, 0.25) is 0 Å². The standard InChI is InChI=1S/C26H33N5O3S/c1-26(2,3)31-12-10-19(15-31)24(33)27-14-23(32)29-25-28-22(17-35-25)18-7-5-8-20(13-18)30-11-6-9-21(16-30)34-4/h5,7-8,10,12-13,15,17,21H,6,9,11,14,16H2,1-4H3,(H,27,33)(H,28,29,32)/t21-/m0/s1. The zero-order valence-electron chi connectivity index (χ0n) is 20.7. The Hall–Kier alpha value is -3.17. The summed E-state index contributed by atoms with van der Waals surface area (Å²) in [5.74, 6) is -0.601. The van der Waals surface area contributed by atoms with Crippen LogP contribution in [0.4, 0.5) is 10.8 Å². The summed E-state index contributed by atoms with van der Waals surface area (Å²) in [6.45, 7) is 7.94. The maximum atomic E-state index is 12.4. The van der Waals surface area contributed by atoms with Gasteiger partial charge in [0.05, 0.1) is 23.9 Å². The summed E-state index contributed by atoms with van der Waals surface area (Å²) in [5, 5.41) is 7.88. The molecule has 35 heavy (non-hydrogen) atoms. The van der Waals surface area contributed by atoms with E-state index >= 15 is 0 Å². The Morgan fingerprint density at radius 3 is 2.83 bits per heavy atom. The quantitative estimate of drug-likeness (QED) is 0.509. The van der Waals surface area contributed by atoms with E-state index in [1.165, 1.54) is 11.3 Å². The number of aromatic nitrogens is 2. The van der Waals surface area contributed by atoms with Gasteiger partial charge in [0, 0.05) is 54.8 Å². The highest BCUT2D eigenvalue weighted by molar-refractivity contribution is 7.14. The second-order valence-electron chi connectivity index (χ2n) is 9.74. The molecule has 4 rings (SSSR count). The lowest BCUT2D eigenvalue weighted by molar-refractivity contribution is -0.115.